The van der Waals surface area contributed by atoms with Gasteiger partial charge >= 0.3 is 6.18 Å². The predicted molar refractivity (Wildman–Crippen MR) is 121 cm³/mol. The lowest BCUT2D eigenvalue weighted by molar-refractivity contribution is -0.160. The number of thioether (sulfide) groups is 1. The van der Waals surface area contributed by atoms with Crippen molar-refractivity contribution < 1.29 is 18.0 Å². The van der Waals surface area contributed by atoms with E-state index in [1.807, 2.05) is 0 Å². The number of aryl methyl sites for hydroxylation is 1. The van der Waals surface area contributed by atoms with E-state index in [-0.39, 0.29) is 34.0 Å². The Morgan fingerprint density at radius 2 is 1.81 bits per heavy atom. The highest BCUT2D eigenvalue weighted by atomic mass is 35.5. The van der Waals surface area contributed by atoms with Crippen molar-refractivity contribution in [1.82, 2.24) is 5.32 Å². The first-order chi connectivity index (χ1) is 14.6. The maximum Gasteiger partial charge on any atom is 0.407 e. The van der Waals surface area contributed by atoms with Gasteiger partial charge in [0.05, 0.1) is 0 Å². The average molecular weight is 486 g/mol. The fraction of sp³-hybridized carbons (Fsp3) is 0.348. The van der Waals surface area contributed by atoms with E-state index in [9.17, 15) is 18.0 Å². The zero-order chi connectivity index (χ0) is 22.4. The predicted octanol–water partition coefficient (Wildman–Crippen LogP) is 7.52. The van der Waals surface area contributed by atoms with E-state index >= 15 is 0 Å². The van der Waals surface area contributed by atoms with Crippen LogP contribution >= 0.6 is 35.0 Å². The lowest BCUT2D eigenvalue weighted by atomic mass is 9.87. The van der Waals surface area contributed by atoms with Gasteiger partial charge in [-0.05, 0) is 78.1 Å². The molecule has 1 amide bonds. The fourth-order valence-corrected chi connectivity index (χ4v) is 5.63. The van der Waals surface area contributed by atoms with E-state index < -0.39 is 10.9 Å². The Balaban J connectivity index is 1.61. The second-order valence-corrected chi connectivity index (χ2v) is 10.1. The third kappa shape index (κ3) is 4.35. The summed E-state index contributed by atoms with van der Waals surface area (Å²) in [6.45, 7) is 1.80. The molecule has 1 fully saturated rings. The van der Waals surface area contributed by atoms with Gasteiger partial charge in [-0.3, -0.25) is 4.79 Å². The molecule has 31 heavy (non-hydrogen) atoms. The van der Waals surface area contributed by atoms with Crippen LogP contribution in [0.15, 0.2) is 41.8 Å². The molecule has 2 aliphatic rings. The molecule has 2 nitrogen and oxygen atoms in total. The highest BCUT2D eigenvalue weighted by molar-refractivity contribution is 8.03. The van der Waals surface area contributed by atoms with Crippen LogP contribution in [-0.2, 0) is 4.75 Å². The van der Waals surface area contributed by atoms with Gasteiger partial charge in [0.1, 0.15) is 4.75 Å². The number of carbonyl (C=O) groups is 1. The van der Waals surface area contributed by atoms with Gasteiger partial charge in [0.2, 0.25) is 0 Å². The average Bonchev–Trinajstić information content (AvgIpc) is 3.10. The second-order valence-electron chi connectivity index (χ2n) is 8.05. The van der Waals surface area contributed by atoms with Crippen molar-refractivity contribution in [3.63, 3.8) is 0 Å². The van der Waals surface area contributed by atoms with E-state index in [0.717, 1.165) is 36.6 Å². The van der Waals surface area contributed by atoms with Crippen LogP contribution in [0.5, 0.6) is 0 Å². The van der Waals surface area contributed by atoms with Crippen LogP contribution in [0.25, 0.3) is 5.57 Å². The Bertz CT molecular complexity index is 1050. The fourth-order valence-electron chi connectivity index (χ4n) is 3.92. The molecule has 0 bridgehead atoms. The van der Waals surface area contributed by atoms with Gasteiger partial charge in [-0.15, -0.1) is 11.8 Å². The minimum atomic E-state index is -4.51. The van der Waals surface area contributed by atoms with Crippen molar-refractivity contribution in [1.29, 1.82) is 0 Å². The second kappa shape index (κ2) is 8.38. The van der Waals surface area contributed by atoms with Crippen molar-refractivity contribution >= 4 is 46.4 Å². The lowest BCUT2D eigenvalue weighted by Crippen LogP contribution is -2.39. The smallest absolute Gasteiger partial charge is 0.349 e. The molecule has 1 unspecified atom stereocenters. The summed E-state index contributed by atoms with van der Waals surface area (Å²) in [5.74, 6) is -0.137. The molecule has 0 aromatic heterocycles. The lowest BCUT2D eigenvalue weighted by Gasteiger charge is -2.32. The van der Waals surface area contributed by atoms with Gasteiger partial charge < -0.3 is 5.32 Å². The molecule has 0 radical (unpaired) electrons. The molecule has 1 aliphatic heterocycles. The number of carbonyl (C=O) groups excluding carboxylic acids is 1. The minimum absolute atomic E-state index is 0.0296. The largest absolute Gasteiger partial charge is 0.407 e. The van der Waals surface area contributed by atoms with Crippen LogP contribution in [0.3, 0.4) is 0 Å². The molecule has 1 aliphatic carbocycles. The number of rotatable bonds is 4. The number of hydrogen-bond acceptors (Lipinski definition) is 2. The van der Waals surface area contributed by atoms with Crippen LogP contribution in [0.2, 0.25) is 10.0 Å². The topological polar surface area (TPSA) is 29.1 Å². The molecule has 4 rings (SSSR count). The Labute approximate surface area is 193 Å². The van der Waals surface area contributed by atoms with Crippen molar-refractivity contribution in [3.8, 4) is 0 Å². The summed E-state index contributed by atoms with van der Waals surface area (Å²) >= 11 is 12.7. The number of benzene rings is 2. The third-order valence-electron chi connectivity index (χ3n) is 5.91. The zero-order valence-electron chi connectivity index (χ0n) is 16.7. The van der Waals surface area contributed by atoms with Crippen LogP contribution in [-0.4, -0.2) is 18.1 Å². The van der Waals surface area contributed by atoms with E-state index in [4.69, 9.17) is 23.2 Å². The van der Waals surface area contributed by atoms with Gasteiger partial charge in [-0.1, -0.05) is 35.3 Å². The number of amides is 1. The van der Waals surface area contributed by atoms with Gasteiger partial charge in [-0.25, -0.2) is 0 Å². The summed E-state index contributed by atoms with van der Waals surface area (Å²) in [4.78, 5) is 12.5. The molecular weight excluding hydrogens is 466 g/mol. The Morgan fingerprint density at radius 1 is 1.13 bits per heavy atom. The third-order valence-corrected chi connectivity index (χ3v) is 7.76. The van der Waals surface area contributed by atoms with E-state index in [0.29, 0.717) is 16.7 Å². The number of allylic oxidation sites excluding steroid dienone is 1. The maximum absolute atomic E-state index is 14.3. The van der Waals surface area contributed by atoms with Crippen molar-refractivity contribution in [2.24, 2.45) is 0 Å². The van der Waals surface area contributed by atoms with Crippen LogP contribution < -0.4 is 5.32 Å². The summed E-state index contributed by atoms with van der Waals surface area (Å²) in [6.07, 6.45) is -1.67. The van der Waals surface area contributed by atoms with Crippen LogP contribution in [0.1, 0.15) is 52.7 Å². The Kier molecular flexibility index (Phi) is 6.10. The number of halogens is 5. The highest BCUT2D eigenvalue weighted by Gasteiger charge is 2.58. The van der Waals surface area contributed by atoms with Crippen molar-refractivity contribution in [2.75, 3.05) is 0 Å². The number of hydrogen-bond donors (Lipinski definition) is 1. The summed E-state index contributed by atoms with van der Waals surface area (Å²) in [5, 5.41) is 4.87. The SMILES string of the molecule is Cc1cc(C2=CSC(c3cc(Cl)cc(Cl)c3)(C(F)(F)F)C2)ccc1C(=O)NC1CCC1. The molecule has 2 aromatic rings. The monoisotopic (exact) mass is 485 g/mol. The quantitative estimate of drug-likeness (QED) is 0.484. The molecular formula is C23H20Cl2F3NOS. The zero-order valence-corrected chi connectivity index (χ0v) is 19.0. The molecule has 1 atom stereocenters. The summed E-state index contributed by atoms with van der Waals surface area (Å²) in [5.41, 5.74) is 2.54. The van der Waals surface area contributed by atoms with E-state index in [2.05, 4.69) is 5.32 Å². The van der Waals surface area contributed by atoms with Crippen molar-refractivity contribution in [3.05, 3.63) is 74.1 Å². The standard InChI is InChI=1S/C23H20Cl2F3NOS/c1-13-7-14(5-6-20(13)21(30)29-19-3-2-4-19)15-11-22(31-12-15,23(26,27)28)16-8-17(24)10-18(25)9-16/h5-10,12,19H,2-4,11H2,1H3,(H,29,30). The molecule has 2 aromatic carbocycles. The summed E-state index contributed by atoms with van der Waals surface area (Å²) < 4.78 is 40.7. The summed E-state index contributed by atoms with van der Waals surface area (Å²) in [6, 6.07) is 9.46. The highest BCUT2D eigenvalue weighted by Crippen LogP contribution is 2.60. The van der Waals surface area contributed by atoms with E-state index in [1.165, 1.54) is 18.2 Å². The molecule has 0 saturated heterocycles. The normalized spacial score (nSPS) is 21.5. The van der Waals surface area contributed by atoms with Gasteiger partial charge in [0.25, 0.3) is 5.91 Å². The summed E-state index contributed by atoms with van der Waals surface area (Å²) in [7, 11) is 0. The first-order valence-corrected chi connectivity index (χ1v) is 11.5. The Morgan fingerprint density at radius 3 is 2.35 bits per heavy atom. The van der Waals surface area contributed by atoms with Crippen LogP contribution in [0.4, 0.5) is 13.2 Å². The van der Waals surface area contributed by atoms with Gasteiger partial charge in [0, 0.05) is 28.1 Å². The van der Waals surface area contributed by atoms with E-state index in [1.54, 1.807) is 30.5 Å². The van der Waals surface area contributed by atoms with Crippen LogP contribution in [0, 0.1) is 6.92 Å². The first-order valence-electron chi connectivity index (χ1n) is 9.91. The molecule has 164 valence electrons. The van der Waals surface area contributed by atoms with Crippen molar-refractivity contribution in [2.45, 2.75) is 49.6 Å². The molecule has 1 N–H and O–H groups in total. The number of nitrogens with one attached hydrogen (secondary N) is 1. The first kappa shape index (κ1) is 22.6. The van der Waals surface area contributed by atoms with Gasteiger partial charge in [0.15, 0.2) is 0 Å². The number of alkyl halides is 3. The molecule has 1 saturated carbocycles. The molecule has 8 heteroatoms. The minimum Gasteiger partial charge on any atom is -0.349 e. The molecule has 0 spiro atoms. The van der Waals surface area contributed by atoms with Gasteiger partial charge in [-0.2, -0.15) is 13.2 Å². The molecule has 1 heterocycles. The maximum atomic E-state index is 14.3. The Hall–Kier alpha value is -1.63.